The van der Waals surface area contributed by atoms with Gasteiger partial charge in [0.15, 0.2) is 30.4 Å². The molecule has 2 aromatic carbocycles. The first-order valence-electron chi connectivity index (χ1n) is 27.1. The first kappa shape index (κ1) is 61.0. The van der Waals surface area contributed by atoms with Crippen LogP contribution in [0.4, 0.5) is 4.79 Å². The molecule has 2 unspecified atom stereocenters. The summed E-state index contributed by atoms with van der Waals surface area (Å²) in [6.07, 6.45) is -7.53. The van der Waals surface area contributed by atoms with Crippen molar-refractivity contribution in [2.75, 3.05) is 41.4 Å². The molecule has 0 saturated carbocycles. The van der Waals surface area contributed by atoms with Gasteiger partial charge in [-0.05, 0) is 118 Å². The number of ether oxygens (including phenoxy) is 10. The molecule has 0 spiro atoms. The van der Waals surface area contributed by atoms with E-state index < -0.39 is 120 Å². The van der Waals surface area contributed by atoms with Gasteiger partial charge in [0.2, 0.25) is 0 Å². The lowest BCUT2D eigenvalue weighted by molar-refractivity contribution is -0.318. The number of esters is 3. The van der Waals surface area contributed by atoms with Gasteiger partial charge < -0.3 is 57.2 Å². The van der Waals surface area contributed by atoms with Crippen LogP contribution < -0.4 is 0 Å². The van der Waals surface area contributed by atoms with E-state index in [-0.39, 0.29) is 50.3 Å². The van der Waals surface area contributed by atoms with Crippen LogP contribution in [0.1, 0.15) is 128 Å². The lowest BCUT2D eigenvalue weighted by atomic mass is 9.73. The van der Waals surface area contributed by atoms with Crippen LogP contribution >= 0.6 is 0 Å². The van der Waals surface area contributed by atoms with Crippen LogP contribution in [0.5, 0.6) is 0 Å². The molecule has 6 rings (SSSR count). The minimum atomic E-state index is -1.50. The number of hydrogen-bond acceptors (Lipinski definition) is 17. The van der Waals surface area contributed by atoms with E-state index in [1.165, 1.54) is 19.1 Å². The van der Waals surface area contributed by atoms with Crippen molar-refractivity contribution in [3.05, 3.63) is 82.2 Å². The number of carbonyl (C=O) groups excluding carboxylic acids is 5. The molecule has 0 bridgehead atoms. The number of nitrogens with zero attached hydrogens (tertiary/aromatic N) is 5. The van der Waals surface area contributed by atoms with Crippen LogP contribution in [0.15, 0.2) is 65.8 Å². The van der Waals surface area contributed by atoms with Crippen molar-refractivity contribution in [2.45, 2.75) is 192 Å². The predicted molar refractivity (Wildman–Crippen MR) is 282 cm³/mol. The maximum absolute atomic E-state index is 15.2. The standard InChI is InChI=1S/C57H83N5O15/c1-15-42-57(10)47(62(54(67)77-57)29-23-22-28-59-60-58)35(4)44(63)33(2)31-55(8,68-13)48(76-53-46(41(61(11)12)30-34(3)70-53)74-51(65)39-24-18-16-19-25-39)36(5)45(37(6)50(64)72-42)73-43-32-56(9,69-14)49(38(7)71-43)75-52(66)40-26-20-17-21-27-40/h16-21,24-27,33-38,41-43,45-49,53H,15,22-23,28-32H2,1-14H3/t33-,34-,35+,36+,37-,38+,41+,42?,43+,45?,46-,47-,48-,49+,53+,55-,56-,57-/m1/s1. The topological polar surface area (TPSA) is 233 Å². The van der Waals surface area contributed by atoms with E-state index in [0.29, 0.717) is 30.4 Å². The van der Waals surface area contributed by atoms with Gasteiger partial charge in [0.05, 0.1) is 59.1 Å². The normalized spacial score (nSPS) is 37.2. The van der Waals surface area contributed by atoms with E-state index in [0.717, 1.165) is 0 Å². The van der Waals surface area contributed by atoms with Gasteiger partial charge in [-0.2, -0.15) is 0 Å². The van der Waals surface area contributed by atoms with E-state index in [4.69, 9.17) is 52.9 Å². The highest BCUT2D eigenvalue weighted by Crippen LogP contribution is 2.45. The SMILES string of the molecule is CCC1OC(=O)[C@H](C)C(O[C@H]2C[C@@](C)(OC)[C@@H](OC(=O)c3ccccc3)[C@H](C)O2)[C@H](C)[C@@H](O[C@@H]2O[C@H](C)C[C@H](N(C)C)[C@H]2OC(=O)c2ccccc2)[C@](C)(OC)C[C@@H](C)C(=O)[C@H](C)[C@H]2N(CCCCN=[N+]=[N-])C(=O)O[C@]12C. The van der Waals surface area contributed by atoms with Gasteiger partial charge in [0.1, 0.15) is 17.5 Å². The molecule has 2 aromatic rings. The average molecular weight is 1080 g/mol. The van der Waals surface area contributed by atoms with E-state index in [9.17, 15) is 14.4 Å². The van der Waals surface area contributed by atoms with E-state index in [1.54, 1.807) is 88.4 Å². The largest absolute Gasteiger partial charge is 0.458 e. The summed E-state index contributed by atoms with van der Waals surface area (Å²) in [4.78, 5) is 78.4. The number of rotatable bonds is 17. The zero-order valence-corrected chi connectivity index (χ0v) is 47.5. The Balaban J connectivity index is 1.47. The van der Waals surface area contributed by atoms with Gasteiger partial charge in [-0.25, -0.2) is 14.4 Å². The summed E-state index contributed by atoms with van der Waals surface area (Å²) in [6, 6.07) is 16.0. The molecular weight excluding hydrogens is 995 g/mol. The highest BCUT2D eigenvalue weighted by Gasteiger charge is 2.61. The molecule has 20 nitrogen and oxygen atoms in total. The van der Waals surface area contributed by atoms with Crippen molar-refractivity contribution in [1.29, 1.82) is 0 Å². The number of hydrogen-bond donors (Lipinski definition) is 0. The molecule has 0 aromatic heterocycles. The first-order valence-corrected chi connectivity index (χ1v) is 27.1. The summed E-state index contributed by atoms with van der Waals surface area (Å²) in [5.41, 5.74) is 5.55. The molecule has 4 fully saturated rings. The van der Waals surface area contributed by atoms with Crippen LogP contribution in [-0.2, 0) is 57.0 Å². The third kappa shape index (κ3) is 13.6. The zero-order chi connectivity index (χ0) is 56.6. The molecule has 0 N–H and O–H groups in total. The second-order valence-corrected chi connectivity index (χ2v) is 22.3. The molecular formula is C57H83N5O15. The van der Waals surface area contributed by atoms with Crippen molar-refractivity contribution < 1.29 is 71.3 Å². The van der Waals surface area contributed by atoms with Gasteiger partial charge in [0.25, 0.3) is 0 Å². The number of methoxy groups -OCH3 is 2. The Kier molecular flexibility index (Phi) is 20.8. The smallest absolute Gasteiger partial charge is 0.410 e. The number of carbonyl (C=O) groups is 5. The summed E-state index contributed by atoms with van der Waals surface area (Å²) in [7, 11) is 6.84. The van der Waals surface area contributed by atoms with E-state index in [1.807, 2.05) is 60.5 Å². The van der Waals surface area contributed by atoms with Gasteiger partial charge >= 0.3 is 24.0 Å². The fourth-order valence-electron chi connectivity index (χ4n) is 12.2. The predicted octanol–water partition coefficient (Wildman–Crippen LogP) is 8.73. The maximum Gasteiger partial charge on any atom is 0.410 e. The van der Waals surface area contributed by atoms with Crippen LogP contribution in [0.3, 0.4) is 0 Å². The summed E-state index contributed by atoms with van der Waals surface area (Å²) in [5, 5.41) is 3.65. The number of unbranched alkanes of at least 4 members (excludes halogenated alkanes) is 1. The molecule has 4 aliphatic rings. The minimum Gasteiger partial charge on any atom is -0.458 e. The molecule has 77 heavy (non-hydrogen) atoms. The van der Waals surface area contributed by atoms with Crippen molar-refractivity contribution in [3.63, 3.8) is 0 Å². The number of likely N-dealkylation sites (N-methyl/N-ethyl adjacent to an activating group) is 1. The maximum atomic E-state index is 15.2. The second kappa shape index (κ2) is 26.2. The number of Topliss-reactive ketones (excluding diaryl/α,β-unsaturated/α-hetero) is 1. The van der Waals surface area contributed by atoms with Crippen molar-refractivity contribution in [2.24, 2.45) is 28.8 Å². The van der Waals surface area contributed by atoms with Crippen LogP contribution in [0.25, 0.3) is 10.4 Å². The third-order valence-electron chi connectivity index (χ3n) is 16.5. The number of cyclic esters (lactones) is 1. The Morgan fingerprint density at radius 2 is 1.39 bits per heavy atom. The first-order chi connectivity index (χ1) is 36.5. The Hall–Kier alpha value is -5.18. The molecule has 20 heteroatoms. The molecule has 4 heterocycles. The lowest BCUT2D eigenvalue weighted by Gasteiger charge is -2.50. The van der Waals surface area contributed by atoms with Gasteiger partial charge in [-0.15, -0.1) is 0 Å². The monoisotopic (exact) mass is 1080 g/mol. The number of ketones is 1. The van der Waals surface area contributed by atoms with Crippen LogP contribution in [0.2, 0.25) is 0 Å². The number of azide groups is 1. The third-order valence-corrected chi connectivity index (χ3v) is 16.5. The molecule has 1 amide bonds. The summed E-state index contributed by atoms with van der Waals surface area (Å²) in [5.74, 6) is -5.57. The average Bonchev–Trinajstić information content (AvgIpc) is 3.68. The van der Waals surface area contributed by atoms with E-state index in [2.05, 4.69) is 10.0 Å². The summed E-state index contributed by atoms with van der Waals surface area (Å²) < 4.78 is 65.8. The quantitative estimate of drug-likeness (QED) is 0.0360. The fourth-order valence-corrected chi connectivity index (χ4v) is 12.2. The van der Waals surface area contributed by atoms with Crippen molar-refractivity contribution in [3.8, 4) is 0 Å². The molecule has 4 aliphatic heterocycles. The second-order valence-electron chi connectivity index (χ2n) is 22.3. The molecule has 0 aliphatic carbocycles. The number of amides is 1. The molecule has 4 saturated heterocycles. The molecule has 426 valence electrons. The van der Waals surface area contributed by atoms with Gasteiger partial charge in [-0.3, -0.25) is 9.59 Å². The number of fused-ring (bicyclic) bond motifs is 1. The van der Waals surface area contributed by atoms with E-state index >= 15 is 9.59 Å². The molecule has 18 atom stereocenters. The highest BCUT2D eigenvalue weighted by molar-refractivity contribution is 5.90. The Morgan fingerprint density at radius 1 is 0.792 bits per heavy atom. The lowest BCUT2D eigenvalue weighted by Crippen LogP contribution is -2.62. The Labute approximate surface area is 453 Å². The van der Waals surface area contributed by atoms with Crippen LogP contribution in [0, 0.1) is 23.7 Å². The highest BCUT2D eigenvalue weighted by atomic mass is 16.7. The summed E-state index contributed by atoms with van der Waals surface area (Å²) >= 11 is 0. The minimum absolute atomic E-state index is 0.0410. The zero-order valence-electron chi connectivity index (χ0n) is 47.5. The van der Waals surface area contributed by atoms with Crippen LogP contribution in [-0.4, -0.2) is 165 Å². The summed E-state index contributed by atoms with van der Waals surface area (Å²) in [6.45, 7) is 18.4. The fraction of sp³-hybridized carbons (Fsp3) is 0.702. The van der Waals surface area contributed by atoms with Gasteiger partial charge in [0, 0.05) is 56.4 Å². The Bertz CT molecular complexity index is 2380. The van der Waals surface area contributed by atoms with Gasteiger partial charge in [-0.1, -0.05) is 69.2 Å². The Morgan fingerprint density at radius 3 is 1.96 bits per heavy atom. The number of benzene rings is 2. The van der Waals surface area contributed by atoms with Crippen molar-refractivity contribution >= 4 is 29.8 Å². The van der Waals surface area contributed by atoms with Crippen molar-refractivity contribution in [1.82, 2.24) is 9.80 Å². The molecule has 0 radical (unpaired) electrons.